The van der Waals surface area contributed by atoms with E-state index in [1.54, 1.807) is 4.90 Å². The topological polar surface area (TPSA) is 60.9 Å². The standard InChI is InChI=1S/C19H28ClN3O3S/c1-19(2)7-4-8-22(14-19)18(24)16-13-15(5-6-17(16)20)27(25,26)23-11-9-21(3)10-12-23/h5-6,13H,4,7-12,14H2,1-3H3. The molecule has 0 bridgehead atoms. The zero-order valence-corrected chi connectivity index (χ0v) is 17.8. The quantitative estimate of drug-likeness (QED) is 0.764. The fourth-order valence-electron chi connectivity index (χ4n) is 3.77. The van der Waals surface area contributed by atoms with Crippen LogP contribution in [-0.2, 0) is 10.0 Å². The van der Waals surface area contributed by atoms with Gasteiger partial charge in [-0.25, -0.2) is 8.42 Å². The van der Waals surface area contributed by atoms with Gasteiger partial charge in [-0.3, -0.25) is 4.79 Å². The number of likely N-dealkylation sites (tertiary alicyclic amines) is 1. The van der Waals surface area contributed by atoms with Crippen LogP contribution < -0.4 is 0 Å². The van der Waals surface area contributed by atoms with Gasteiger partial charge in [-0.2, -0.15) is 4.31 Å². The molecule has 6 nitrogen and oxygen atoms in total. The highest BCUT2D eigenvalue weighted by Crippen LogP contribution is 2.31. The minimum Gasteiger partial charge on any atom is -0.338 e. The highest BCUT2D eigenvalue weighted by Gasteiger charge is 2.32. The van der Waals surface area contributed by atoms with Gasteiger partial charge in [0, 0.05) is 39.3 Å². The number of hydrogen-bond donors (Lipinski definition) is 0. The van der Waals surface area contributed by atoms with E-state index in [1.165, 1.54) is 22.5 Å². The van der Waals surface area contributed by atoms with Crippen LogP contribution in [0.2, 0.25) is 5.02 Å². The van der Waals surface area contributed by atoms with E-state index >= 15 is 0 Å². The van der Waals surface area contributed by atoms with Crippen molar-refractivity contribution in [3.63, 3.8) is 0 Å². The fraction of sp³-hybridized carbons (Fsp3) is 0.632. The van der Waals surface area contributed by atoms with Crippen molar-refractivity contribution in [2.45, 2.75) is 31.6 Å². The summed E-state index contributed by atoms with van der Waals surface area (Å²) < 4.78 is 27.5. The Balaban J connectivity index is 1.87. The van der Waals surface area contributed by atoms with Crippen LogP contribution >= 0.6 is 11.6 Å². The molecule has 2 heterocycles. The minimum atomic E-state index is -3.63. The van der Waals surface area contributed by atoms with Crippen molar-refractivity contribution in [2.75, 3.05) is 46.3 Å². The minimum absolute atomic E-state index is 0.0594. The maximum atomic E-state index is 13.0. The Labute approximate surface area is 167 Å². The molecule has 0 N–H and O–H groups in total. The Morgan fingerprint density at radius 1 is 1.11 bits per heavy atom. The predicted molar refractivity (Wildman–Crippen MR) is 107 cm³/mol. The summed E-state index contributed by atoms with van der Waals surface area (Å²) in [4.78, 5) is 17.1. The van der Waals surface area contributed by atoms with Gasteiger partial charge in [0.15, 0.2) is 0 Å². The number of hydrogen-bond acceptors (Lipinski definition) is 4. The second kappa shape index (κ2) is 7.70. The predicted octanol–water partition coefficient (Wildman–Crippen LogP) is 2.54. The van der Waals surface area contributed by atoms with Gasteiger partial charge in [0.25, 0.3) is 5.91 Å². The Morgan fingerprint density at radius 3 is 2.41 bits per heavy atom. The number of nitrogens with zero attached hydrogens (tertiary/aromatic N) is 3. The molecule has 0 atom stereocenters. The first-order valence-corrected chi connectivity index (χ1v) is 11.2. The molecule has 2 aliphatic heterocycles. The smallest absolute Gasteiger partial charge is 0.255 e. The SMILES string of the molecule is CN1CCN(S(=O)(=O)c2ccc(Cl)c(C(=O)N3CCCC(C)(C)C3)c2)CC1. The van der Waals surface area contributed by atoms with Crippen molar-refractivity contribution in [2.24, 2.45) is 5.41 Å². The van der Waals surface area contributed by atoms with Gasteiger partial charge in [-0.1, -0.05) is 25.4 Å². The van der Waals surface area contributed by atoms with Crippen LogP contribution in [-0.4, -0.2) is 74.7 Å². The molecular formula is C19H28ClN3O3S. The van der Waals surface area contributed by atoms with Crippen molar-refractivity contribution in [1.29, 1.82) is 0 Å². The molecule has 2 aliphatic rings. The molecule has 0 saturated carbocycles. The third-order valence-electron chi connectivity index (χ3n) is 5.46. The molecule has 8 heteroatoms. The number of rotatable bonds is 3. The van der Waals surface area contributed by atoms with Crippen molar-refractivity contribution < 1.29 is 13.2 Å². The molecule has 3 rings (SSSR count). The first-order chi connectivity index (χ1) is 12.6. The van der Waals surface area contributed by atoms with E-state index in [2.05, 4.69) is 18.7 Å². The Kier molecular flexibility index (Phi) is 5.87. The number of sulfonamides is 1. The molecule has 0 spiro atoms. The molecule has 150 valence electrons. The zero-order chi connectivity index (χ0) is 19.8. The van der Waals surface area contributed by atoms with E-state index < -0.39 is 10.0 Å². The van der Waals surface area contributed by atoms with Crippen LogP contribution in [0.25, 0.3) is 0 Å². The van der Waals surface area contributed by atoms with Crippen LogP contribution in [0, 0.1) is 5.41 Å². The molecule has 2 fully saturated rings. The molecule has 2 saturated heterocycles. The highest BCUT2D eigenvalue weighted by atomic mass is 35.5. The monoisotopic (exact) mass is 413 g/mol. The van der Waals surface area contributed by atoms with E-state index in [-0.39, 0.29) is 21.8 Å². The summed E-state index contributed by atoms with van der Waals surface area (Å²) in [5.74, 6) is -0.191. The van der Waals surface area contributed by atoms with Crippen LogP contribution in [0.15, 0.2) is 23.1 Å². The van der Waals surface area contributed by atoms with Crippen LogP contribution in [0.5, 0.6) is 0 Å². The lowest BCUT2D eigenvalue weighted by Crippen LogP contribution is -2.47. The van der Waals surface area contributed by atoms with Crippen molar-refractivity contribution in [3.05, 3.63) is 28.8 Å². The normalized spacial score (nSPS) is 22.0. The van der Waals surface area contributed by atoms with Gasteiger partial charge in [-0.05, 0) is 43.5 Å². The Morgan fingerprint density at radius 2 is 1.78 bits per heavy atom. The maximum absolute atomic E-state index is 13.0. The third-order valence-corrected chi connectivity index (χ3v) is 7.68. The van der Waals surface area contributed by atoms with E-state index in [9.17, 15) is 13.2 Å². The molecule has 0 unspecified atom stereocenters. The number of likely N-dealkylation sites (N-methyl/N-ethyl adjacent to an activating group) is 1. The Hall–Kier alpha value is -1.15. The molecule has 1 amide bonds. The van der Waals surface area contributed by atoms with Gasteiger partial charge < -0.3 is 9.80 Å². The third kappa shape index (κ3) is 4.47. The average molecular weight is 414 g/mol. The van der Waals surface area contributed by atoms with Gasteiger partial charge in [0.2, 0.25) is 10.0 Å². The summed E-state index contributed by atoms with van der Waals surface area (Å²) in [6, 6.07) is 4.46. The van der Waals surface area contributed by atoms with Crippen molar-refractivity contribution in [1.82, 2.24) is 14.1 Å². The van der Waals surface area contributed by atoms with Gasteiger partial charge >= 0.3 is 0 Å². The van der Waals surface area contributed by atoms with E-state index in [1.807, 2.05) is 7.05 Å². The molecule has 1 aromatic carbocycles. The summed E-state index contributed by atoms with van der Waals surface area (Å²) in [6.07, 6.45) is 2.01. The van der Waals surface area contributed by atoms with Gasteiger partial charge in [-0.15, -0.1) is 0 Å². The summed E-state index contributed by atoms with van der Waals surface area (Å²) in [5.41, 5.74) is 0.328. The number of piperazine rings is 1. The maximum Gasteiger partial charge on any atom is 0.255 e. The summed E-state index contributed by atoms with van der Waals surface area (Å²) in [7, 11) is -1.66. The molecule has 27 heavy (non-hydrogen) atoms. The van der Waals surface area contributed by atoms with Gasteiger partial charge in [0.05, 0.1) is 15.5 Å². The second-order valence-electron chi connectivity index (χ2n) is 8.34. The number of carbonyl (C=O) groups is 1. The largest absolute Gasteiger partial charge is 0.338 e. The number of carbonyl (C=O) groups excluding carboxylic acids is 1. The molecule has 1 aromatic rings. The number of halogens is 1. The van der Waals surface area contributed by atoms with Crippen LogP contribution in [0.3, 0.4) is 0 Å². The molecule has 0 aliphatic carbocycles. The molecule has 0 radical (unpaired) electrons. The first-order valence-electron chi connectivity index (χ1n) is 9.38. The number of benzene rings is 1. The van der Waals surface area contributed by atoms with E-state index in [0.29, 0.717) is 44.3 Å². The lowest BCUT2D eigenvalue weighted by molar-refractivity contribution is 0.0583. The van der Waals surface area contributed by atoms with Crippen LogP contribution in [0.1, 0.15) is 37.0 Å². The van der Waals surface area contributed by atoms with Crippen molar-refractivity contribution >= 4 is 27.5 Å². The summed E-state index contributed by atoms with van der Waals surface area (Å²) in [6.45, 7) is 7.90. The molecule has 0 aromatic heterocycles. The second-order valence-corrected chi connectivity index (χ2v) is 10.7. The highest BCUT2D eigenvalue weighted by molar-refractivity contribution is 7.89. The number of amides is 1. The average Bonchev–Trinajstić information content (AvgIpc) is 2.61. The lowest BCUT2D eigenvalue weighted by atomic mass is 9.84. The van der Waals surface area contributed by atoms with E-state index in [0.717, 1.165) is 12.8 Å². The zero-order valence-electron chi connectivity index (χ0n) is 16.2. The number of piperidine rings is 1. The van der Waals surface area contributed by atoms with Crippen LogP contribution in [0.4, 0.5) is 0 Å². The first kappa shape index (κ1) is 20.6. The van der Waals surface area contributed by atoms with Gasteiger partial charge in [0.1, 0.15) is 0 Å². The summed E-state index contributed by atoms with van der Waals surface area (Å²) >= 11 is 6.27. The lowest BCUT2D eigenvalue weighted by Gasteiger charge is -2.38. The molecular weight excluding hydrogens is 386 g/mol. The fourth-order valence-corrected chi connectivity index (χ4v) is 5.42. The summed E-state index contributed by atoms with van der Waals surface area (Å²) in [5, 5.41) is 0.292. The van der Waals surface area contributed by atoms with Crippen molar-refractivity contribution in [3.8, 4) is 0 Å². The Bertz CT molecular complexity index is 817. The van der Waals surface area contributed by atoms with E-state index in [4.69, 9.17) is 11.6 Å².